The number of nitrogens with one attached hydrogen (secondary N) is 2. The van der Waals surface area contributed by atoms with Crippen LogP contribution in [0.15, 0.2) is 34.1 Å². The summed E-state index contributed by atoms with van der Waals surface area (Å²) < 4.78 is 53.1. The van der Waals surface area contributed by atoms with Gasteiger partial charge in [-0.1, -0.05) is 0 Å². The molecule has 10 heteroatoms. The zero-order valence-electron chi connectivity index (χ0n) is 12.4. The van der Waals surface area contributed by atoms with Gasteiger partial charge in [-0.05, 0) is 37.1 Å². The summed E-state index contributed by atoms with van der Waals surface area (Å²) in [5, 5.41) is 3.10. The van der Waals surface area contributed by atoms with Crippen molar-refractivity contribution in [2.45, 2.75) is 28.7 Å². The SMILES string of the molecule is Cl.O=S(=O)(NC1CC1)c1ccc(S(=O)(=O)N2CCNCC2)cc1. The molecule has 0 spiro atoms. The summed E-state index contributed by atoms with van der Waals surface area (Å²) in [6.45, 7) is 2.09. The largest absolute Gasteiger partial charge is 0.314 e. The van der Waals surface area contributed by atoms with E-state index < -0.39 is 20.0 Å². The molecule has 2 fully saturated rings. The predicted molar refractivity (Wildman–Crippen MR) is 88.7 cm³/mol. The molecule has 1 saturated heterocycles. The third kappa shape index (κ3) is 4.23. The van der Waals surface area contributed by atoms with E-state index in [0.29, 0.717) is 26.2 Å². The first-order valence-corrected chi connectivity index (χ1v) is 10.2. The minimum absolute atomic E-state index is 0. The van der Waals surface area contributed by atoms with Crippen molar-refractivity contribution in [1.29, 1.82) is 0 Å². The van der Waals surface area contributed by atoms with Crippen LogP contribution in [0, 0.1) is 0 Å². The number of hydrogen-bond donors (Lipinski definition) is 2. The molecular weight excluding hydrogens is 362 g/mol. The highest BCUT2D eigenvalue weighted by Crippen LogP contribution is 2.23. The standard InChI is InChI=1S/C13H19N3O4S2.ClH/c17-21(18,15-11-1-2-11)12-3-5-13(6-4-12)22(19,20)16-9-7-14-8-10-16;/h3-6,11,14-15H,1-2,7-10H2;1H. The normalized spacial score (nSPS) is 20.0. The summed E-state index contributed by atoms with van der Waals surface area (Å²) in [6.07, 6.45) is 1.71. The summed E-state index contributed by atoms with van der Waals surface area (Å²) in [6, 6.07) is 5.44. The smallest absolute Gasteiger partial charge is 0.243 e. The van der Waals surface area contributed by atoms with Gasteiger partial charge in [0.2, 0.25) is 20.0 Å². The fraction of sp³-hybridized carbons (Fsp3) is 0.538. The third-order valence-electron chi connectivity index (χ3n) is 3.75. The van der Waals surface area contributed by atoms with Gasteiger partial charge in [0.1, 0.15) is 0 Å². The second-order valence-electron chi connectivity index (χ2n) is 5.52. The monoisotopic (exact) mass is 381 g/mol. The molecule has 0 atom stereocenters. The third-order valence-corrected chi connectivity index (χ3v) is 7.20. The molecule has 130 valence electrons. The average Bonchev–Trinajstić information content (AvgIpc) is 3.31. The van der Waals surface area contributed by atoms with Gasteiger partial charge in [-0.15, -0.1) is 12.4 Å². The Morgan fingerprint density at radius 3 is 2.00 bits per heavy atom. The van der Waals surface area contributed by atoms with Crippen LogP contribution in [0.4, 0.5) is 0 Å². The van der Waals surface area contributed by atoms with Gasteiger partial charge < -0.3 is 5.32 Å². The Morgan fingerprint density at radius 2 is 1.48 bits per heavy atom. The van der Waals surface area contributed by atoms with Crippen LogP contribution in [0.5, 0.6) is 0 Å². The van der Waals surface area contributed by atoms with Gasteiger partial charge in [-0.2, -0.15) is 4.31 Å². The van der Waals surface area contributed by atoms with E-state index in [-0.39, 0.29) is 28.2 Å². The fourth-order valence-corrected chi connectivity index (χ4v) is 5.06. The maximum atomic E-state index is 12.5. The first-order valence-electron chi connectivity index (χ1n) is 7.23. The lowest BCUT2D eigenvalue weighted by Crippen LogP contribution is -2.46. The van der Waals surface area contributed by atoms with E-state index in [1.165, 1.54) is 28.6 Å². The summed E-state index contributed by atoms with van der Waals surface area (Å²) in [4.78, 5) is 0.221. The molecule has 1 aliphatic carbocycles. The minimum Gasteiger partial charge on any atom is -0.314 e. The lowest BCUT2D eigenvalue weighted by molar-refractivity contribution is 0.360. The van der Waals surface area contributed by atoms with Crippen molar-refractivity contribution in [3.05, 3.63) is 24.3 Å². The Labute approximate surface area is 143 Å². The van der Waals surface area contributed by atoms with Crippen molar-refractivity contribution in [3.63, 3.8) is 0 Å². The zero-order chi connectivity index (χ0) is 15.8. The second-order valence-corrected chi connectivity index (χ2v) is 9.17. The number of benzene rings is 1. The van der Waals surface area contributed by atoms with Crippen LogP contribution in [0.25, 0.3) is 0 Å². The Kier molecular flexibility index (Phi) is 5.70. The highest BCUT2D eigenvalue weighted by Gasteiger charge is 2.29. The average molecular weight is 382 g/mol. The lowest BCUT2D eigenvalue weighted by Gasteiger charge is -2.26. The Morgan fingerprint density at radius 1 is 0.957 bits per heavy atom. The molecular formula is C13H20ClN3O4S2. The number of halogens is 1. The minimum atomic E-state index is -3.56. The maximum absolute atomic E-state index is 12.5. The molecule has 0 radical (unpaired) electrons. The molecule has 1 aromatic rings. The first kappa shape index (κ1) is 18.6. The van der Waals surface area contributed by atoms with Gasteiger partial charge in [0.25, 0.3) is 0 Å². The first-order chi connectivity index (χ1) is 10.4. The van der Waals surface area contributed by atoms with Crippen LogP contribution >= 0.6 is 12.4 Å². The summed E-state index contributed by atoms with van der Waals surface area (Å²) >= 11 is 0. The van der Waals surface area contributed by atoms with E-state index in [9.17, 15) is 16.8 Å². The molecule has 2 aliphatic rings. The molecule has 2 N–H and O–H groups in total. The molecule has 1 aliphatic heterocycles. The van der Waals surface area contributed by atoms with E-state index in [4.69, 9.17) is 0 Å². The molecule has 0 aromatic heterocycles. The van der Waals surface area contributed by atoms with E-state index >= 15 is 0 Å². The van der Waals surface area contributed by atoms with Crippen molar-refractivity contribution in [2.75, 3.05) is 26.2 Å². The van der Waals surface area contributed by atoms with Gasteiger partial charge in [-0.25, -0.2) is 21.6 Å². The molecule has 0 bridgehead atoms. The van der Waals surface area contributed by atoms with Crippen LogP contribution in [0.1, 0.15) is 12.8 Å². The van der Waals surface area contributed by atoms with Gasteiger partial charge in [-0.3, -0.25) is 0 Å². The molecule has 23 heavy (non-hydrogen) atoms. The Hall–Kier alpha value is -0.710. The Bertz CT molecular complexity index is 740. The van der Waals surface area contributed by atoms with E-state index in [2.05, 4.69) is 10.0 Å². The summed E-state index contributed by atoms with van der Waals surface area (Å²) in [7, 11) is -7.11. The van der Waals surface area contributed by atoms with Crippen LogP contribution in [0.3, 0.4) is 0 Å². The van der Waals surface area contributed by atoms with Crippen LogP contribution in [-0.4, -0.2) is 53.4 Å². The highest BCUT2D eigenvalue weighted by molar-refractivity contribution is 7.89. The fourth-order valence-electron chi connectivity index (χ4n) is 2.31. The van der Waals surface area contributed by atoms with Crippen LogP contribution in [-0.2, 0) is 20.0 Å². The molecule has 0 amide bonds. The number of hydrogen-bond acceptors (Lipinski definition) is 5. The van der Waals surface area contributed by atoms with Crippen molar-refractivity contribution in [2.24, 2.45) is 0 Å². The number of rotatable bonds is 5. The van der Waals surface area contributed by atoms with E-state index in [1.54, 1.807) is 0 Å². The van der Waals surface area contributed by atoms with Crippen molar-refractivity contribution >= 4 is 32.5 Å². The predicted octanol–water partition coefficient (Wildman–Crippen LogP) is 0.143. The van der Waals surface area contributed by atoms with E-state index in [1.807, 2.05) is 0 Å². The molecule has 0 unspecified atom stereocenters. The van der Waals surface area contributed by atoms with Gasteiger partial charge in [0.15, 0.2) is 0 Å². The quantitative estimate of drug-likeness (QED) is 0.756. The second kappa shape index (κ2) is 7.04. The highest BCUT2D eigenvalue weighted by atomic mass is 35.5. The van der Waals surface area contributed by atoms with Gasteiger partial charge in [0, 0.05) is 32.2 Å². The molecule has 1 aromatic carbocycles. The molecule has 1 saturated carbocycles. The van der Waals surface area contributed by atoms with Crippen LogP contribution < -0.4 is 10.0 Å². The van der Waals surface area contributed by atoms with Gasteiger partial charge >= 0.3 is 0 Å². The van der Waals surface area contributed by atoms with Gasteiger partial charge in [0.05, 0.1) is 9.79 Å². The summed E-state index contributed by atoms with van der Waals surface area (Å²) in [5.41, 5.74) is 0. The lowest BCUT2D eigenvalue weighted by atomic mass is 10.4. The van der Waals surface area contributed by atoms with Crippen LogP contribution in [0.2, 0.25) is 0 Å². The van der Waals surface area contributed by atoms with Crippen molar-refractivity contribution < 1.29 is 16.8 Å². The zero-order valence-corrected chi connectivity index (χ0v) is 14.9. The number of nitrogens with zero attached hydrogens (tertiary/aromatic N) is 1. The summed E-state index contributed by atoms with van der Waals surface area (Å²) in [5.74, 6) is 0. The molecule has 1 heterocycles. The van der Waals surface area contributed by atoms with E-state index in [0.717, 1.165) is 12.8 Å². The Balaban J connectivity index is 0.00000192. The number of sulfonamides is 2. The topological polar surface area (TPSA) is 95.6 Å². The van der Waals surface area contributed by atoms with Crippen molar-refractivity contribution in [3.8, 4) is 0 Å². The number of piperazine rings is 1. The van der Waals surface area contributed by atoms with Crippen molar-refractivity contribution in [1.82, 2.24) is 14.3 Å². The molecule has 3 rings (SSSR count). The maximum Gasteiger partial charge on any atom is 0.243 e. The molecule has 7 nitrogen and oxygen atoms in total.